The Morgan fingerprint density at radius 2 is 2.07 bits per heavy atom. The number of aromatic nitrogens is 3. The minimum absolute atomic E-state index is 0.107. The van der Waals surface area contributed by atoms with E-state index >= 15 is 0 Å². The molecule has 1 aromatic carbocycles. The highest BCUT2D eigenvalue weighted by Crippen LogP contribution is 2.26. The number of nitrogens with zero attached hydrogens (tertiary/aromatic N) is 5. The van der Waals surface area contributed by atoms with Gasteiger partial charge in [0.2, 0.25) is 5.91 Å². The summed E-state index contributed by atoms with van der Waals surface area (Å²) in [7, 11) is 0. The molecule has 3 aromatic rings. The van der Waals surface area contributed by atoms with Crippen LogP contribution in [0.5, 0.6) is 5.75 Å². The van der Waals surface area contributed by atoms with Crippen molar-refractivity contribution in [1.82, 2.24) is 14.8 Å². The molecule has 0 saturated carbocycles. The number of anilines is 1. The largest absolute Gasteiger partial charge is 0.494 e. The van der Waals surface area contributed by atoms with Gasteiger partial charge < -0.3 is 14.1 Å². The Bertz CT molecular complexity index is 993. The first-order valence-electron chi connectivity index (χ1n) is 9.68. The zero-order valence-corrected chi connectivity index (χ0v) is 17.8. The molecule has 2 heterocycles. The van der Waals surface area contributed by atoms with Crippen LogP contribution in [-0.2, 0) is 11.3 Å². The van der Waals surface area contributed by atoms with Crippen LogP contribution in [0.1, 0.15) is 20.3 Å². The normalized spacial score (nSPS) is 10.6. The number of rotatable bonds is 10. The van der Waals surface area contributed by atoms with Gasteiger partial charge in [-0.15, -0.1) is 10.2 Å². The molecule has 0 aliphatic heterocycles. The van der Waals surface area contributed by atoms with Crippen LogP contribution in [0, 0.1) is 11.3 Å². The number of thioether (sulfide) groups is 1. The van der Waals surface area contributed by atoms with Crippen molar-refractivity contribution >= 4 is 23.4 Å². The molecule has 1 amide bonds. The van der Waals surface area contributed by atoms with Crippen LogP contribution in [0.4, 0.5) is 5.69 Å². The molecule has 156 valence electrons. The van der Waals surface area contributed by atoms with Crippen LogP contribution in [0.2, 0.25) is 0 Å². The van der Waals surface area contributed by atoms with Gasteiger partial charge in [-0.1, -0.05) is 11.8 Å². The maximum Gasteiger partial charge on any atom is 0.237 e. The number of carbonyl (C=O) groups excluding carboxylic acids is 1. The fourth-order valence-corrected chi connectivity index (χ4v) is 3.80. The van der Waals surface area contributed by atoms with Crippen LogP contribution < -0.4 is 9.64 Å². The molecule has 9 heteroatoms. The number of benzene rings is 1. The molecular formula is C21H23N5O3S. The lowest BCUT2D eigenvalue weighted by Crippen LogP contribution is -2.33. The predicted molar refractivity (Wildman–Crippen MR) is 114 cm³/mol. The summed E-state index contributed by atoms with van der Waals surface area (Å²) in [5, 5.41) is 18.0. The fraction of sp³-hybridized carbons (Fsp3) is 0.333. The lowest BCUT2D eigenvalue weighted by atomic mass is 10.2. The van der Waals surface area contributed by atoms with Crippen LogP contribution in [0.15, 0.2) is 52.2 Å². The maximum absolute atomic E-state index is 13.0. The second kappa shape index (κ2) is 10.5. The van der Waals surface area contributed by atoms with E-state index in [9.17, 15) is 4.79 Å². The topological polar surface area (TPSA) is 97.2 Å². The molecule has 0 radical (unpaired) electrons. The molecule has 0 fully saturated rings. The smallest absolute Gasteiger partial charge is 0.237 e. The second-order valence-electron chi connectivity index (χ2n) is 6.20. The first-order valence-corrected chi connectivity index (χ1v) is 10.7. The van der Waals surface area contributed by atoms with E-state index in [0.29, 0.717) is 36.4 Å². The summed E-state index contributed by atoms with van der Waals surface area (Å²) in [6, 6.07) is 13.0. The van der Waals surface area contributed by atoms with Gasteiger partial charge in [0, 0.05) is 18.8 Å². The van der Waals surface area contributed by atoms with E-state index in [2.05, 4.69) is 16.3 Å². The van der Waals surface area contributed by atoms with E-state index in [4.69, 9.17) is 14.4 Å². The van der Waals surface area contributed by atoms with Gasteiger partial charge in [-0.25, -0.2) is 0 Å². The monoisotopic (exact) mass is 425 g/mol. The quantitative estimate of drug-likeness (QED) is 0.453. The molecule has 0 aliphatic carbocycles. The molecule has 0 atom stereocenters. The van der Waals surface area contributed by atoms with Crippen molar-refractivity contribution in [1.29, 1.82) is 5.26 Å². The van der Waals surface area contributed by atoms with E-state index in [0.717, 1.165) is 11.4 Å². The van der Waals surface area contributed by atoms with Gasteiger partial charge in [-0.3, -0.25) is 9.36 Å². The van der Waals surface area contributed by atoms with Gasteiger partial charge in [-0.2, -0.15) is 5.26 Å². The molecule has 0 unspecified atom stereocenters. The van der Waals surface area contributed by atoms with Crippen molar-refractivity contribution in [3.05, 3.63) is 42.7 Å². The third-order valence-electron chi connectivity index (χ3n) is 4.31. The van der Waals surface area contributed by atoms with Gasteiger partial charge >= 0.3 is 0 Å². The lowest BCUT2D eigenvalue weighted by molar-refractivity contribution is -0.116. The Labute approximate surface area is 179 Å². The third kappa shape index (κ3) is 5.02. The van der Waals surface area contributed by atoms with Gasteiger partial charge in [0.1, 0.15) is 5.75 Å². The highest BCUT2D eigenvalue weighted by atomic mass is 32.2. The van der Waals surface area contributed by atoms with Crippen LogP contribution in [0.3, 0.4) is 0 Å². The van der Waals surface area contributed by atoms with Crippen molar-refractivity contribution in [2.45, 2.75) is 32.0 Å². The van der Waals surface area contributed by atoms with E-state index in [1.807, 2.05) is 48.7 Å². The highest BCUT2D eigenvalue weighted by molar-refractivity contribution is 7.99. The minimum atomic E-state index is -0.107. The molecule has 0 bridgehead atoms. The number of nitriles is 1. The number of ether oxygens (including phenoxy) is 1. The maximum atomic E-state index is 13.0. The van der Waals surface area contributed by atoms with Crippen molar-refractivity contribution in [2.24, 2.45) is 0 Å². The molecule has 0 aliphatic rings. The van der Waals surface area contributed by atoms with Crippen molar-refractivity contribution in [3.8, 4) is 23.4 Å². The van der Waals surface area contributed by atoms with Crippen molar-refractivity contribution < 1.29 is 13.9 Å². The minimum Gasteiger partial charge on any atom is -0.494 e. The van der Waals surface area contributed by atoms with Crippen LogP contribution in [-0.4, -0.2) is 39.6 Å². The summed E-state index contributed by atoms with van der Waals surface area (Å²) in [5.41, 5.74) is 0.729. The summed E-state index contributed by atoms with van der Waals surface area (Å²) in [6.45, 7) is 5.45. The molecule has 2 aromatic heterocycles. The zero-order chi connectivity index (χ0) is 21.3. The third-order valence-corrected chi connectivity index (χ3v) is 5.26. The molecule has 0 saturated heterocycles. The Hall–Kier alpha value is -3.25. The fourth-order valence-electron chi connectivity index (χ4n) is 2.92. The second-order valence-corrected chi connectivity index (χ2v) is 7.14. The molecule has 0 spiro atoms. The molecule has 0 N–H and O–H groups in total. The van der Waals surface area contributed by atoms with Gasteiger partial charge in [0.05, 0.1) is 31.1 Å². The Morgan fingerprint density at radius 3 is 2.70 bits per heavy atom. The molecule has 3 rings (SSSR count). The highest BCUT2D eigenvalue weighted by Gasteiger charge is 2.20. The number of hydrogen-bond donors (Lipinski definition) is 0. The number of carbonyl (C=O) groups is 1. The van der Waals surface area contributed by atoms with Crippen molar-refractivity contribution in [3.63, 3.8) is 0 Å². The summed E-state index contributed by atoms with van der Waals surface area (Å²) in [6.07, 6.45) is 1.83. The number of furan rings is 1. The molecular weight excluding hydrogens is 402 g/mol. The van der Waals surface area contributed by atoms with E-state index in [1.165, 1.54) is 11.8 Å². The van der Waals surface area contributed by atoms with E-state index < -0.39 is 0 Å². The van der Waals surface area contributed by atoms with Gasteiger partial charge in [0.25, 0.3) is 0 Å². The van der Waals surface area contributed by atoms with E-state index in [1.54, 1.807) is 17.2 Å². The Morgan fingerprint density at radius 1 is 1.27 bits per heavy atom. The average Bonchev–Trinajstić information content (AvgIpc) is 3.43. The van der Waals surface area contributed by atoms with Gasteiger partial charge in [-0.05, 0) is 50.2 Å². The van der Waals surface area contributed by atoms with Crippen LogP contribution >= 0.6 is 11.8 Å². The summed E-state index contributed by atoms with van der Waals surface area (Å²) in [4.78, 5) is 14.6. The average molecular weight is 426 g/mol. The predicted octanol–water partition coefficient (Wildman–Crippen LogP) is 4.00. The van der Waals surface area contributed by atoms with Crippen LogP contribution in [0.25, 0.3) is 11.6 Å². The summed E-state index contributed by atoms with van der Waals surface area (Å²) in [5.74, 6) is 2.07. The first kappa shape index (κ1) is 21.5. The standard InChI is InChI=1S/C21H23N5O3S/c1-3-25-20(18-7-5-14-29-18)23-24-21(25)30-15-19(27)26(13-6-12-22)16-8-10-17(11-9-16)28-4-2/h5,7-11,14H,3-4,6,13,15H2,1-2H3. The SMILES string of the molecule is CCOc1ccc(N(CCC#N)C(=O)CSc2nnc(-c3ccco3)n2CC)cc1. The molecule has 30 heavy (non-hydrogen) atoms. The Balaban J connectivity index is 1.72. The zero-order valence-electron chi connectivity index (χ0n) is 16.9. The number of hydrogen-bond acceptors (Lipinski definition) is 7. The summed E-state index contributed by atoms with van der Waals surface area (Å²) < 4.78 is 12.8. The summed E-state index contributed by atoms with van der Waals surface area (Å²) >= 11 is 1.31. The Kier molecular flexibility index (Phi) is 7.51. The lowest BCUT2D eigenvalue weighted by Gasteiger charge is -2.22. The van der Waals surface area contributed by atoms with Gasteiger partial charge in [0.15, 0.2) is 16.7 Å². The first-order chi connectivity index (χ1) is 14.7. The molecule has 8 nitrogen and oxygen atoms in total. The van der Waals surface area contributed by atoms with E-state index in [-0.39, 0.29) is 18.1 Å². The number of amides is 1. The van der Waals surface area contributed by atoms with Crippen molar-refractivity contribution in [2.75, 3.05) is 23.8 Å².